The molecule has 0 atom stereocenters. The molecule has 2 amide bonds. The fraction of sp³-hybridized carbons (Fsp3) is 0.364. The third kappa shape index (κ3) is 3.44. The number of hydrogen-bond donors (Lipinski definition) is 2. The molecule has 1 rings (SSSR count). The number of hydrogen-bond acceptors (Lipinski definition) is 3. The number of aromatic nitrogens is 1. The number of aromatic carboxylic acids is 1. The first-order valence-electron chi connectivity index (χ1n) is 5.26. The Morgan fingerprint density at radius 2 is 2.24 bits per heavy atom. The van der Waals surface area contributed by atoms with Crippen LogP contribution in [0.4, 0.5) is 10.5 Å². The van der Waals surface area contributed by atoms with Gasteiger partial charge in [0.1, 0.15) is 0 Å². The first-order valence-corrected chi connectivity index (χ1v) is 5.26. The van der Waals surface area contributed by atoms with Gasteiger partial charge < -0.3 is 15.3 Å². The second-order valence-corrected chi connectivity index (χ2v) is 3.56. The lowest BCUT2D eigenvalue weighted by Crippen LogP contribution is -2.32. The van der Waals surface area contributed by atoms with E-state index in [9.17, 15) is 9.59 Å². The molecule has 0 fully saturated rings. The van der Waals surface area contributed by atoms with Gasteiger partial charge in [0.15, 0.2) is 5.69 Å². The van der Waals surface area contributed by atoms with Crippen LogP contribution in [0.5, 0.6) is 0 Å². The van der Waals surface area contributed by atoms with Crippen LogP contribution in [0.1, 0.15) is 23.8 Å². The summed E-state index contributed by atoms with van der Waals surface area (Å²) in [5, 5.41) is 11.4. The van der Waals surface area contributed by atoms with E-state index in [1.165, 1.54) is 17.2 Å². The number of carboxylic acids is 1. The first-order chi connectivity index (χ1) is 8.06. The summed E-state index contributed by atoms with van der Waals surface area (Å²) in [6, 6.07) is 2.73. The van der Waals surface area contributed by atoms with Crippen LogP contribution in [0.2, 0.25) is 0 Å². The van der Waals surface area contributed by atoms with E-state index in [-0.39, 0.29) is 17.4 Å². The van der Waals surface area contributed by atoms with Crippen LogP contribution in [0.25, 0.3) is 0 Å². The van der Waals surface area contributed by atoms with Gasteiger partial charge in [-0.05, 0) is 18.6 Å². The Kier molecular flexibility index (Phi) is 4.45. The van der Waals surface area contributed by atoms with Crippen molar-refractivity contribution < 1.29 is 14.7 Å². The van der Waals surface area contributed by atoms with Gasteiger partial charge in [0.2, 0.25) is 0 Å². The molecule has 2 N–H and O–H groups in total. The smallest absolute Gasteiger partial charge is 0.356 e. The summed E-state index contributed by atoms with van der Waals surface area (Å²) in [7, 11) is 1.65. The summed E-state index contributed by atoms with van der Waals surface area (Å²) in [4.78, 5) is 27.7. The number of amides is 2. The first kappa shape index (κ1) is 13.0. The van der Waals surface area contributed by atoms with E-state index >= 15 is 0 Å². The minimum absolute atomic E-state index is 0.161. The maximum absolute atomic E-state index is 11.7. The molecule has 0 aliphatic heterocycles. The van der Waals surface area contributed by atoms with Gasteiger partial charge in [0.25, 0.3) is 0 Å². The summed E-state index contributed by atoms with van der Waals surface area (Å²) in [5.41, 5.74) is 0.0405. The monoisotopic (exact) mass is 237 g/mol. The number of carbonyl (C=O) groups is 2. The van der Waals surface area contributed by atoms with Crippen molar-refractivity contribution >= 4 is 17.7 Å². The number of anilines is 1. The van der Waals surface area contributed by atoms with Crippen LogP contribution >= 0.6 is 0 Å². The SMILES string of the molecule is CCCN(C)C(=O)Nc1cccnc1C(=O)O. The van der Waals surface area contributed by atoms with Crippen LogP contribution in [0.15, 0.2) is 18.3 Å². The van der Waals surface area contributed by atoms with Crippen LogP contribution in [-0.2, 0) is 0 Å². The minimum Gasteiger partial charge on any atom is -0.476 e. The van der Waals surface area contributed by atoms with E-state index < -0.39 is 5.97 Å². The Labute approximate surface area is 99.3 Å². The molecule has 0 bridgehead atoms. The molecule has 0 aliphatic carbocycles. The lowest BCUT2D eigenvalue weighted by atomic mass is 10.3. The minimum atomic E-state index is -1.17. The van der Waals surface area contributed by atoms with Gasteiger partial charge >= 0.3 is 12.0 Å². The van der Waals surface area contributed by atoms with Gasteiger partial charge in [0, 0.05) is 19.8 Å². The Morgan fingerprint density at radius 3 is 2.82 bits per heavy atom. The van der Waals surface area contributed by atoms with Crippen LogP contribution in [0.3, 0.4) is 0 Å². The lowest BCUT2D eigenvalue weighted by Gasteiger charge is -2.17. The summed E-state index contributed by atoms with van der Waals surface area (Å²) >= 11 is 0. The summed E-state index contributed by atoms with van der Waals surface area (Å²) in [6.45, 7) is 2.56. The molecule has 0 aliphatic rings. The lowest BCUT2D eigenvalue weighted by molar-refractivity contribution is 0.0691. The molecule has 1 aromatic rings. The molecule has 1 heterocycles. The molecule has 0 radical (unpaired) electrons. The van der Waals surface area contributed by atoms with E-state index in [1.54, 1.807) is 13.1 Å². The molecule has 0 saturated heterocycles. The predicted octanol–water partition coefficient (Wildman–Crippen LogP) is 1.65. The van der Waals surface area contributed by atoms with Gasteiger partial charge in [-0.1, -0.05) is 6.92 Å². The standard InChI is InChI=1S/C11H15N3O3/c1-3-7-14(2)11(17)13-8-5-4-6-12-9(8)10(15)16/h4-6H,3,7H2,1-2H3,(H,13,17)(H,15,16). The Hall–Kier alpha value is -2.11. The van der Waals surface area contributed by atoms with Crippen molar-refractivity contribution in [1.29, 1.82) is 0 Å². The second kappa shape index (κ2) is 5.83. The molecule has 17 heavy (non-hydrogen) atoms. The zero-order valence-corrected chi connectivity index (χ0v) is 9.80. The van der Waals surface area contributed by atoms with Crippen molar-refractivity contribution in [3.63, 3.8) is 0 Å². The van der Waals surface area contributed by atoms with E-state index in [4.69, 9.17) is 5.11 Å². The Bertz CT molecular complexity index is 420. The molecule has 6 heteroatoms. The predicted molar refractivity (Wildman–Crippen MR) is 63.1 cm³/mol. The highest BCUT2D eigenvalue weighted by atomic mass is 16.4. The van der Waals surface area contributed by atoms with Crippen molar-refractivity contribution in [2.75, 3.05) is 18.9 Å². The van der Waals surface area contributed by atoms with Gasteiger partial charge in [-0.25, -0.2) is 14.6 Å². The fourth-order valence-electron chi connectivity index (χ4n) is 1.32. The maximum atomic E-state index is 11.7. The molecule has 92 valence electrons. The average molecular weight is 237 g/mol. The van der Waals surface area contributed by atoms with Gasteiger partial charge in [-0.15, -0.1) is 0 Å². The van der Waals surface area contributed by atoms with E-state index in [0.717, 1.165) is 6.42 Å². The second-order valence-electron chi connectivity index (χ2n) is 3.56. The molecule has 0 aromatic carbocycles. The number of urea groups is 1. The number of carboxylic acid groups (broad SMARTS) is 1. The molecule has 0 saturated carbocycles. The van der Waals surface area contributed by atoms with Crippen molar-refractivity contribution in [3.8, 4) is 0 Å². The van der Waals surface area contributed by atoms with Crippen molar-refractivity contribution in [2.45, 2.75) is 13.3 Å². The average Bonchev–Trinajstić information content (AvgIpc) is 2.29. The summed E-state index contributed by atoms with van der Waals surface area (Å²) in [6.07, 6.45) is 2.21. The molecule has 6 nitrogen and oxygen atoms in total. The highest BCUT2D eigenvalue weighted by Gasteiger charge is 2.14. The zero-order valence-electron chi connectivity index (χ0n) is 9.80. The largest absolute Gasteiger partial charge is 0.476 e. The molecule has 0 unspecified atom stereocenters. The highest BCUT2D eigenvalue weighted by molar-refractivity contribution is 5.98. The topological polar surface area (TPSA) is 82.5 Å². The number of nitrogens with one attached hydrogen (secondary N) is 1. The number of nitrogens with zero attached hydrogens (tertiary/aromatic N) is 2. The third-order valence-electron chi connectivity index (χ3n) is 2.16. The fourth-order valence-corrected chi connectivity index (χ4v) is 1.32. The normalized spacial score (nSPS) is 9.76. The van der Waals surface area contributed by atoms with E-state index in [0.29, 0.717) is 6.54 Å². The Balaban J connectivity index is 2.81. The third-order valence-corrected chi connectivity index (χ3v) is 2.16. The van der Waals surface area contributed by atoms with Crippen molar-refractivity contribution in [2.24, 2.45) is 0 Å². The van der Waals surface area contributed by atoms with Crippen molar-refractivity contribution in [3.05, 3.63) is 24.0 Å². The summed E-state index contributed by atoms with van der Waals surface area (Å²) in [5.74, 6) is -1.17. The highest BCUT2D eigenvalue weighted by Crippen LogP contribution is 2.12. The summed E-state index contributed by atoms with van der Waals surface area (Å²) < 4.78 is 0. The van der Waals surface area contributed by atoms with Gasteiger partial charge in [-0.2, -0.15) is 0 Å². The number of pyridine rings is 1. The molecule has 0 spiro atoms. The van der Waals surface area contributed by atoms with Crippen LogP contribution < -0.4 is 5.32 Å². The van der Waals surface area contributed by atoms with Crippen LogP contribution in [-0.4, -0.2) is 40.6 Å². The molecular formula is C11H15N3O3. The molecule has 1 aromatic heterocycles. The van der Waals surface area contributed by atoms with Gasteiger partial charge in [0.05, 0.1) is 5.69 Å². The Morgan fingerprint density at radius 1 is 1.53 bits per heavy atom. The van der Waals surface area contributed by atoms with E-state index in [2.05, 4.69) is 10.3 Å². The zero-order chi connectivity index (χ0) is 12.8. The number of rotatable bonds is 4. The van der Waals surface area contributed by atoms with E-state index in [1.807, 2.05) is 6.92 Å². The quantitative estimate of drug-likeness (QED) is 0.834. The van der Waals surface area contributed by atoms with Crippen molar-refractivity contribution in [1.82, 2.24) is 9.88 Å². The number of carbonyl (C=O) groups excluding carboxylic acids is 1. The molecular weight excluding hydrogens is 222 g/mol. The van der Waals surface area contributed by atoms with Crippen LogP contribution in [0, 0.1) is 0 Å². The maximum Gasteiger partial charge on any atom is 0.356 e. The van der Waals surface area contributed by atoms with Gasteiger partial charge in [-0.3, -0.25) is 0 Å².